The molecule has 0 bridgehead atoms. The normalized spacial score (nSPS) is 10.9. The number of anilines is 1. The minimum atomic E-state index is -2.65. The van der Waals surface area contributed by atoms with Gasteiger partial charge in [-0.1, -0.05) is 15.9 Å². The van der Waals surface area contributed by atoms with E-state index in [1.807, 2.05) is 0 Å². The zero-order valence-corrected chi connectivity index (χ0v) is 8.76. The van der Waals surface area contributed by atoms with Crippen LogP contribution in [0.1, 0.15) is 23.2 Å². The third-order valence-electron chi connectivity index (χ3n) is 1.78. The molecule has 0 atom stereocenters. The van der Waals surface area contributed by atoms with E-state index in [0.717, 1.165) is 0 Å². The summed E-state index contributed by atoms with van der Waals surface area (Å²) in [4.78, 5) is 3.70. The summed E-state index contributed by atoms with van der Waals surface area (Å²) >= 11 is 3.11. The van der Waals surface area contributed by atoms with Crippen molar-refractivity contribution in [1.29, 1.82) is 0 Å². The first kappa shape index (κ1) is 11.3. The standard InChI is InChI=1S/C8H9BrF2N2O/c9-2-4-1-5(7(10)11)6(3-14)13-8(4)12/h1,7,14H,2-3H2,(H2,12,13). The fraction of sp³-hybridized carbons (Fsp3) is 0.375. The van der Waals surface area contributed by atoms with Crippen molar-refractivity contribution in [3.8, 4) is 0 Å². The molecule has 0 fully saturated rings. The molecule has 0 aliphatic heterocycles. The van der Waals surface area contributed by atoms with Crippen molar-refractivity contribution < 1.29 is 13.9 Å². The number of pyridine rings is 1. The fourth-order valence-electron chi connectivity index (χ4n) is 1.05. The number of halogens is 3. The molecule has 0 radical (unpaired) electrons. The average molecular weight is 267 g/mol. The third-order valence-corrected chi connectivity index (χ3v) is 2.38. The Balaban J connectivity index is 3.25. The molecule has 0 aromatic carbocycles. The molecular formula is C8H9BrF2N2O. The van der Waals surface area contributed by atoms with Crippen LogP contribution in [0, 0.1) is 0 Å². The molecule has 78 valence electrons. The Morgan fingerprint density at radius 1 is 1.57 bits per heavy atom. The Morgan fingerprint density at radius 3 is 2.64 bits per heavy atom. The van der Waals surface area contributed by atoms with Crippen LogP contribution in [0.15, 0.2) is 6.07 Å². The highest BCUT2D eigenvalue weighted by atomic mass is 79.9. The first-order valence-electron chi connectivity index (χ1n) is 3.83. The molecule has 14 heavy (non-hydrogen) atoms. The summed E-state index contributed by atoms with van der Waals surface area (Å²) < 4.78 is 24.9. The van der Waals surface area contributed by atoms with Gasteiger partial charge in [0.2, 0.25) is 0 Å². The second-order valence-corrected chi connectivity index (χ2v) is 3.22. The summed E-state index contributed by atoms with van der Waals surface area (Å²) in [6.45, 7) is -0.535. The zero-order valence-electron chi connectivity index (χ0n) is 7.17. The Hall–Kier alpha value is -0.750. The second kappa shape index (κ2) is 4.65. The van der Waals surface area contributed by atoms with E-state index < -0.39 is 13.0 Å². The zero-order chi connectivity index (χ0) is 10.7. The van der Waals surface area contributed by atoms with Crippen LogP contribution in [0.4, 0.5) is 14.6 Å². The van der Waals surface area contributed by atoms with E-state index in [0.29, 0.717) is 10.9 Å². The number of aliphatic hydroxyl groups excluding tert-OH is 1. The molecule has 0 amide bonds. The van der Waals surface area contributed by atoms with Crippen molar-refractivity contribution >= 4 is 21.7 Å². The van der Waals surface area contributed by atoms with Gasteiger partial charge in [-0.25, -0.2) is 13.8 Å². The molecule has 0 saturated carbocycles. The van der Waals surface area contributed by atoms with Gasteiger partial charge >= 0.3 is 0 Å². The summed E-state index contributed by atoms with van der Waals surface area (Å²) in [6, 6.07) is 1.26. The van der Waals surface area contributed by atoms with Crippen LogP contribution in [-0.2, 0) is 11.9 Å². The molecule has 0 saturated heterocycles. The van der Waals surface area contributed by atoms with E-state index in [1.54, 1.807) is 0 Å². The van der Waals surface area contributed by atoms with E-state index in [-0.39, 0.29) is 17.1 Å². The maximum atomic E-state index is 12.5. The average Bonchev–Trinajstić information content (AvgIpc) is 2.16. The Kier molecular flexibility index (Phi) is 3.77. The van der Waals surface area contributed by atoms with Crippen molar-refractivity contribution in [1.82, 2.24) is 4.98 Å². The van der Waals surface area contributed by atoms with Gasteiger partial charge in [0, 0.05) is 16.5 Å². The molecule has 3 nitrogen and oxygen atoms in total. The number of aromatic nitrogens is 1. The van der Waals surface area contributed by atoms with Crippen molar-refractivity contribution in [2.75, 3.05) is 5.73 Å². The van der Waals surface area contributed by atoms with Gasteiger partial charge in [0.05, 0.1) is 12.3 Å². The predicted molar refractivity (Wildman–Crippen MR) is 52.2 cm³/mol. The lowest BCUT2D eigenvalue weighted by atomic mass is 10.1. The molecule has 1 aromatic heterocycles. The molecule has 3 N–H and O–H groups in total. The first-order chi connectivity index (χ1) is 6.60. The Morgan fingerprint density at radius 2 is 2.21 bits per heavy atom. The summed E-state index contributed by atoms with van der Waals surface area (Å²) in [5.74, 6) is 0.162. The monoisotopic (exact) mass is 266 g/mol. The molecule has 1 rings (SSSR count). The van der Waals surface area contributed by atoms with Gasteiger partial charge in [0.1, 0.15) is 5.82 Å². The van der Waals surface area contributed by atoms with E-state index in [9.17, 15) is 8.78 Å². The minimum Gasteiger partial charge on any atom is -0.390 e. The van der Waals surface area contributed by atoms with Crippen LogP contribution < -0.4 is 5.73 Å². The number of aliphatic hydroxyl groups is 1. The number of alkyl halides is 3. The van der Waals surface area contributed by atoms with Gasteiger partial charge in [-0.3, -0.25) is 0 Å². The van der Waals surface area contributed by atoms with Crippen molar-refractivity contribution in [3.05, 3.63) is 22.9 Å². The maximum absolute atomic E-state index is 12.5. The van der Waals surface area contributed by atoms with Gasteiger partial charge in [-0.2, -0.15) is 0 Å². The van der Waals surface area contributed by atoms with E-state index in [4.69, 9.17) is 10.8 Å². The topological polar surface area (TPSA) is 59.1 Å². The Bertz CT molecular complexity index is 333. The minimum absolute atomic E-state index is 0.0674. The summed E-state index contributed by atoms with van der Waals surface area (Å²) in [7, 11) is 0. The smallest absolute Gasteiger partial charge is 0.265 e. The number of nitrogens with zero attached hydrogens (tertiary/aromatic N) is 1. The molecule has 0 aliphatic carbocycles. The lowest BCUT2D eigenvalue weighted by molar-refractivity contribution is 0.146. The fourth-order valence-corrected chi connectivity index (χ4v) is 1.50. The molecule has 6 heteroatoms. The number of rotatable bonds is 3. The highest BCUT2D eigenvalue weighted by molar-refractivity contribution is 9.08. The molecule has 1 aromatic rings. The highest BCUT2D eigenvalue weighted by Gasteiger charge is 2.16. The largest absolute Gasteiger partial charge is 0.390 e. The number of nitrogen functional groups attached to an aromatic ring is 1. The SMILES string of the molecule is Nc1nc(CO)c(C(F)F)cc1CBr. The first-order valence-corrected chi connectivity index (χ1v) is 4.95. The van der Waals surface area contributed by atoms with Crippen LogP contribution in [0.5, 0.6) is 0 Å². The van der Waals surface area contributed by atoms with Crippen molar-refractivity contribution in [2.45, 2.75) is 18.4 Å². The Labute approximate surface area is 88.1 Å². The van der Waals surface area contributed by atoms with E-state index in [2.05, 4.69) is 20.9 Å². The molecule has 0 aliphatic rings. The van der Waals surface area contributed by atoms with Gasteiger partial charge in [0.25, 0.3) is 6.43 Å². The van der Waals surface area contributed by atoms with Crippen LogP contribution in [0.25, 0.3) is 0 Å². The van der Waals surface area contributed by atoms with Crippen molar-refractivity contribution in [3.63, 3.8) is 0 Å². The second-order valence-electron chi connectivity index (χ2n) is 2.66. The summed E-state index contributed by atoms with van der Waals surface area (Å²) in [6.07, 6.45) is -2.65. The van der Waals surface area contributed by atoms with Gasteiger partial charge in [-0.15, -0.1) is 0 Å². The molecule has 0 spiro atoms. The lowest BCUT2D eigenvalue weighted by Crippen LogP contribution is -2.05. The molecule has 0 unspecified atom stereocenters. The summed E-state index contributed by atoms with van der Waals surface area (Å²) in [5, 5.41) is 9.15. The lowest BCUT2D eigenvalue weighted by Gasteiger charge is -2.09. The van der Waals surface area contributed by atoms with Gasteiger partial charge in [0.15, 0.2) is 0 Å². The number of hydrogen-bond donors (Lipinski definition) is 2. The quantitative estimate of drug-likeness (QED) is 0.823. The van der Waals surface area contributed by atoms with E-state index in [1.165, 1.54) is 6.07 Å². The third kappa shape index (κ3) is 2.19. The van der Waals surface area contributed by atoms with Crippen molar-refractivity contribution in [2.24, 2.45) is 0 Å². The van der Waals surface area contributed by atoms with Crippen LogP contribution in [0.3, 0.4) is 0 Å². The maximum Gasteiger partial charge on any atom is 0.265 e. The van der Waals surface area contributed by atoms with Crippen LogP contribution >= 0.6 is 15.9 Å². The highest BCUT2D eigenvalue weighted by Crippen LogP contribution is 2.26. The number of hydrogen-bond acceptors (Lipinski definition) is 3. The van der Waals surface area contributed by atoms with Gasteiger partial charge in [-0.05, 0) is 6.07 Å². The molecule has 1 heterocycles. The van der Waals surface area contributed by atoms with E-state index >= 15 is 0 Å². The summed E-state index contributed by atoms with van der Waals surface area (Å²) in [5.41, 5.74) is 5.64. The predicted octanol–water partition coefficient (Wildman–Crippen LogP) is 1.99. The van der Waals surface area contributed by atoms with Gasteiger partial charge < -0.3 is 10.8 Å². The number of nitrogens with two attached hydrogens (primary N) is 1. The van der Waals surface area contributed by atoms with Crippen LogP contribution in [-0.4, -0.2) is 10.1 Å². The van der Waals surface area contributed by atoms with Crippen LogP contribution in [0.2, 0.25) is 0 Å². The molecular weight excluding hydrogens is 258 g/mol.